The first-order valence-corrected chi connectivity index (χ1v) is 4.70. The van der Waals surface area contributed by atoms with Crippen molar-refractivity contribution in [1.29, 1.82) is 0 Å². The molecule has 0 aliphatic carbocycles. The molecule has 4 nitrogen and oxygen atoms in total. The van der Waals surface area contributed by atoms with E-state index >= 15 is 0 Å². The van der Waals surface area contributed by atoms with Crippen LogP contribution >= 0.6 is 11.8 Å². The molecule has 3 rings (SSSR count). The Morgan fingerprint density at radius 1 is 1.27 bits per heavy atom. The quantitative estimate of drug-likeness (QED) is 0.631. The van der Waals surface area contributed by atoms with Crippen molar-refractivity contribution in [1.82, 2.24) is 14.1 Å². The molecule has 0 amide bonds. The molecule has 2 aromatic heterocycles. The van der Waals surface area contributed by atoms with Crippen LogP contribution in [0.2, 0.25) is 0 Å². The highest BCUT2D eigenvalue weighted by atomic mass is 35.5. The Bertz CT molecular complexity index is 662. The molecular weight excluding hydrogens is 214 g/mol. The van der Waals surface area contributed by atoms with Gasteiger partial charge in [-0.15, -0.1) is 0 Å². The largest absolute Gasteiger partial charge is 0.508 e. The second-order valence-corrected chi connectivity index (χ2v) is 3.58. The first kappa shape index (κ1) is 8.49. The van der Waals surface area contributed by atoms with E-state index in [-0.39, 0.29) is 5.75 Å². The summed E-state index contributed by atoms with van der Waals surface area (Å²) in [6, 6.07) is 4.98. The van der Waals surface area contributed by atoms with Gasteiger partial charge in [0.15, 0.2) is 0 Å². The molecule has 3 aromatic rings. The highest BCUT2D eigenvalue weighted by Gasteiger charge is 2.10. The maximum absolute atomic E-state index is 9.40. The number of fused-ring (bicyclic) bond motifs is 3. The summed E-state index contributed by atoms with van der Waals surface area (Å²) in [4.78, 5) is 8.06. The van der Waals surface area contributed by atoms with Crippen LogP contribution in [0.4, 0.5) is 0 Å². The number of phenols is 1. The van der Waals surface area contributed by atoms with Crippen molar-refractivity contribution in [3.63, 3.8) is 0 Å². The Hall–Kier alpha value is -1.81. The lowest BCUT2D eigenvalue weighted by molar-refractivity contribution is 0.476. The maximum Gasteiger partial charge on any atom is 0.116 e. The van der Waals surface area contributed by atoms with Gasteiger partial charge in [-0.05, 0) is 18.2 Å². The Kier molecular flexibility index (Phi) is 1.61. The number of hydrogen-bond acceptors (Lipinski definition) is 3. The Morgan fingerprint density at radius 2 is 2.13 bits per heavy atom. The molecule has 0 spiro atoms. The summed E-state index contributed by atoms with van der Waals surface area (Å²) in [7, 11) is 0. The standard InChI is InChI=1S/C10H6ClN3O/c11-14-8-2-1-6(15)3-7(8)10-9(14)4-12-5-13-10/h1-5,15H. The molecule has 0 fully saturated rings. The predicted molar refractivity (Wildman–Crippen MR) is 57.9 cm³/mol. The molecule has 0 atom stereocenters. The van der Waals surface area contributed by atoms with Gasteiger partial charge in [0, 0.05) is 17.2 Å². The van der Waals surface area contributed by atoms with Crippen LogP contribution in [-0.2, 0) is 0 Å². The van der Waals surface area contributed by atoms with Crippen molar-refractivity contribution < 1.29 is 5.11 Å². The molecule has 1 N–H and O–H groups in total. The Labute approximate surface area is 89.9 Å². The zero-order chi connectivity index (χ0) is 10.4. The monoisotopic (exact) mass is 219 g/mol. The number of aromatic hydroxyl groups is 1. The summed E-state index contributed by atoms with van der Waals surface area (Å²) in [5, 5.41) is 10.2. The third-order valence-corrected chi connectivity index (χ3v) is 2.72. The van der Waals surface area contributed by atoms with Crippen molar-refractivity contribution in [2.75, 3.05) is 0 Å². The van der Waals surface area contributed by atoms with E-state index in [0.717, 1.165) is 21.9 Å². The van der Waals surface area contributed by atoms with Crippen molar-refractivity contribution in [2.45, 2.75) is 0 Å². The van der Waals surface area contributed by atoms with Crippen molar-refractivity contribution >= 4 is 33.7 Å². The van der Waals surface area contributed by atoms with E-state index in [0.29, 0.717) is 0 Å². The SMILES string of the molecule is Oc1ccc2c(c1)c1ncncc1n2Cl. The van der Waals surface area contributed by atoms with Gasteiger partial charge in [-0.2, -0.15) is 0 Å². The van der Waals surface area contributed by atoms with E-state index in [2.05, 4.69) is 9.97 Å². The van der Waals surface area contributed by atoms with E-state index in [4.69, 9.17) is 11.8 Å². The average Bonchev–Trinajstić information content (AvgIpc) is 2.54. The lowest BCUT2D eigenvalue weighted by Gasteiger charge is -1.93. The van der Waals surface area contributed by atoms with Gasteiger partial charge in [-0.25, -0.2) is 14.1 Å². The summed E-state index contributed by atoms with van der Waals surface area (Å²) in [5.41, 5.74) is 2.29. The first-order valence-electron chi connectivity index (χ1n) is 4.36. The highest BCUT2D eigenvalue weighted by molar-refractivity contribution is 6.25. The number of nitrogens with zero attached hydrogens (tertiary/aromatic N) is 3. The maximum atomic E-state index is 9.40. The van der Waals surface area contributed by atoms with Crippen LogP contribution in [-0.4, -0.2) is 19.2 Å². The van der Waals surface area contributed by atoms with Crippen LogP contribution in [0, 0.1) is 0 Å². The second kappa shape index (κ2) is 2.84. The van der Waals surface area contributed by atoms with E-state index in [1.165, 1.54) is 10.4 Å². The molecular formula is C10H6ClN3O. The van der Waals surface area contributed by atoms with Crippen LogP contribution in [0.25, 0.3) is 21.9 Å². The zero-order valence-electron chi connectivity index (χ0n) is 7.55. The van der Waals surface area contributed by atoms with Gasteiger partial charge in [0.1, 0.15) is 23.1 Å². The predicted octanol–water partition coefficient (Wildman–Crippen LogP) is 2.29. The average molecular weight is 220 g/mol. The molecule has 0 aliphatic heterocycles. The summed E-state index contributed by atoms with van der Waals surface area (Å²) < 4.78 is 1.49. The number of hydrogen-bond donors (Lipinski definition) is 1. The summed E-state index contributed by atoms with van der Waals surface area (Å²) in [6.45, 7) is 0. The molecule has 74 valence electrons. The number of aromatic nitrogens is 3. The molecule has 1 aromatic carbocycles. The third kappa shape index (κ3) is 1.08. The smallest absolute Gasteiger partial charge is 0.116 e. The minimum Gasteiger partial charge on any atom is -0.508 e. The fourth-order valence-corrected chi connectivity index (χ4v) is 1.96. The first-order chi connectivity index (χ1) is 7.27. The van der Waals surface area contributed by atoms with E-state index in [1.54, 1.807) is 24.4 Å². The summed E-state index contributed by atoms with van der Waals surface area (Å²) in [6.07, 6.45) is 3.11. The summed E-state index contributed by atoms with van der Waals surface area (Å²) >= 11 is 6.10. The number of phenolic OH excluding ortho intramolecular Hbond substituents is 1. The lowest BCUT2D eigenvalue weighted by atomic mass is 10.2. The molecule has 0 saturated heterocycles. The van der Waals surface area contributed by atoms with Gasteiger partial charge in [-0.1, -0.05) is 0 Å². The molecule has 0 saturated carbocycles. The topological polar surface area (TPSA) is 50.9 Å². The normalized spacial score (nSPS) is 11.3. The van der Waals surface area contributed by atoms with Crippen molar-refractivity contribution in [3.8, 4) is 5.75 Å². The van der Waals surface area contributed by atoms with Crippen LogP contribution in [0.5, 0.6) is 5.75 Å². The van der Waals surface area contributed by atoms with Gasteiger partial charge in [-0.3, -0.25) is 0 Å². The Morgan fingerprint density at radius 3 is 3.00 bits per heavy atom. The second-order valence-electron chi connectivity index (χ2n) is 3.24. The fraction of sp³-hybridized carbons (Fsp3) is 0. The number of benzene rings is 1. The molecule has 0 bridgehead atoms. The van der Waals surface area contributed by atoms with Gasteiger partial charge in [0.2, 0.25) is 0 Å². The van der Waals surface area contributed by atoms with E-state index in [9.17, 15) is 5.11 Å². The Balaban J connectivity index is 2.64. The highest BCUT2D eigenvalue weighted by Crippen LogP contribution is 2.29. The number of rotatable bonds is 0. The van der Waals surface area contributed by atoms with Crippen LogP contribution in [0.15, 0.2) is 30.7 Å². The zero-order valence-corrected chi connectivity index (χ0v) is 8.31. The van der Waals surface area contributed by atoms with Crippen molar-refractivity contribution in [2.24, 2.45) is 0 Å². The van der Waals surface area contributed by atoms with Crippen LogP contribution in [0.3, 0.4) is 0 Å². The molecule has 0 radical (unpaired) electrons. The van der Waals surface area contributed by atoms with Crippen molar-refractivity contribution in [3.05, 3.63) is 30.7 Å². The summed E-state index contributed by atoms with van der Waals surface area (Å²) in [5.74, 6) is 0.199. The minimum atomic E-state index is 0.199. The van der Waals surface area contributed by atoms with Crippen LogP contribution in [0.1, 0.15) is 0 Å². The minimum absolute atomic E-state index is 0.199. The third-order valence-electron chi connectivity index (χ3n) is 2.35. The molecule has 5 heteroatoms. The van der Waals surface area contributed by atoms with Gasteiger partial charge < -0.3 is 5.11 Å². The molecule has 15 heavy (non-hydrogen) atoms. The fourth-order valence-electron chi connectivity index (χ4n) is 1.69. The van der Waals surface area contributed by atoms with Gasteiger partial charge >= 0.3 is 0 Å². The lowest BCUT2D eigenvalue weighted by Crippen LogP contribution is -1.80. The van der Waals surface area contributed by atoms with Gasteiger partial charge in [0.05, 0.1) is 11.7 Å². The van der Waals surface area contributed by atoms with Gasteiger partial charge in [0.25, 0.3) is 0 Å². The van der Waals surface area contributed by atoms with Crippen LogP contribution < -0.4 is 0 Å². The molecule has 0 aliphatic rings. The molecule has 0 unspecified atom stereocenters. The molecule has 2 heterocycles. The van der Waals surface area contributed by atoms with E-state index < -0.39 is 0 Å². The van der Waals surface area contributed by atoms with E-state index in [1.807, 2.05) is 0 Å². The number of halogens is 1.